The fourth-order valence-electron chi connectivity index (χ4n) is 2.36. The molecule has 0 spiro atoms. The maximum absolute atomic E-state index is 12.2. The highest BCUT2D eigenvalue weighted by atomic mass is 35.5. The molecule has 0 saturated carbocycles. The van der Waals surface area contributed by atoms with Gasteiger partial charge in [-0.25, -0.2) is 0 Å². The molecule has 1 aliphatic heterocycles. The van der Waals surface area contributed by atoms with Gasteiger partial charge in [0, 0.05) is 31.1 Å². The summed E-state index contributed by atoms with van der Waals surface area (Å²) < 4.78 is 5.48. The summed E-state index contributed by atoms with van der Waals surface area (Å²) in [4.78, 5) is 14.4. The molecule has 1 saturated heterocycles. The van der Waals surface area contributed by atoms with E-state index in [4.69, 9.17) is 21.4 Å². The Morgan fingerprint density at radius 3 is 2.95 bits per heavy atom. The predicted molar refractivity (Wildman–Crippen MR) is 78.3 cm³/mol. The van der Waals surface area contributed by atoms with Crippen LogP contribution in [0.5, 0.6) is 0 Å². The number of hydrogen-bond acceptors (Lipinski definition) is 4. The van der Waals surface area contributed by atoms with Crippen LogP contribution in [-0.2, 0) is 4.74 Å². The molecule has 0 radical (unpaired) electrons. The second kappa shape index (κ2) is 7.18. The number of aliphatic hydroxyl groups is 1. The van der Waals surface area contributed by atoms with Crippen molar-refractivity contribution >= 4 is 17.4 Å². The van der Waals surface area contributed by atoms with Crippen LogP contribution >= 0.6 is 11.6 Å². The van der Waals surface area contributed by atoms with Gasteiger partial charge in [0.1, 0.15) is 0 Å². The number of carbonyl (C=O) groups excluding carboxylic acids is 1. The Bertz CT molecular complexity index is 466. The van der Waals surface area contributed by atoms with Crippen molar-refractivity contribution in [1.29, 1.82) is 0 Å². The van der Waals surface area contributed by atoms with Crippen LogP contribution in [0.4, 0.5) is 0 Å². The van der Waals surface area contributed by atoms with Crippen LogP contribution in [0, 0.1) is 0 Å². The van der Waals surface area contributed by atoms with Crippen LogP contribution in [0.25, 0.3) is 0 Å². The zero-order valence-electron chi connectivity index (χ0n) is 11.6. The van der Waals surface area contributed by atoms with Gasteiger partial charge in [-0.05, 0) is 19.1 Å². The molecule has 0 aliphatic carbocycles. The third-order valence-electron chi connectivity index (χ3n) is 3.64. The summed E-state index contributed by atoms with van der Waals surface area (Å²) in [6, 6.07) is 7.38. The maximum Gasteiger partial charge on any atom is 0.165 e. The lowest BCUT2D eigenvalue weighted by atomic mass is 10.1. The Kier molecular flexibility index (Phi) is 5.54. The summed E-state index contributed by atoms with van der Waals surface area (Å²) in [7, 11) is 0. The number of rotatable bonds is 5. The fraction of sp³-hybridized carbons (Fsp3) is 0.533. The van der Waals surface area contributed by atoms with Crippen LogP contribution in [0.3, 0.4) is 0 Å². The van der Waals surface area contributed by atoms with E-state index in [1.807, 2.05) is 12.1 Å². The Morgan fingerprint density at radius 2 is 2.25 bits per heavy atom. The van der Waals surface area contributed by atoms with E-state index >= 15 is 0 Å². The molecule has 2 atom stereocenters. The Hall–Kier alpha value is -0.940. The standard InChI is InChI=1S/C15H20ClNO3/c1-11-10-20-12(9-18)8-17(11)7-6-15(19)13-4-2-3-5-14(13)16/h2-5,11-12,18H,6-10H2,1H3. The van der Waals surface area contributed by atoms with Crippen LogP contribution in [-0.4, -0.2) is 54.2 Å². The molecule has 2 unspecified atom stereocenters. The van der Waals surface area contributed by atoms with Crippen molar-refractivity contribution in [3.63, 3.8) is 0 Å². The Balaban J connectivity index is 1.91. The SMILES string of the molecule is CC1COC(CO)CN1CCC(=O)c1ccccc1Cl. The minimum atomic E-state index is -0.151. The lowest BCUT2D eigenvalue weighted by molar-refractivity contribution is -0.0772. The molecular weight excluding hydrogens is 278 g/mol. The minimum Gasteiger partial charge on any atom is -0.394 e. The molecule has 20 heavy (non-hydrogen) atoms. The van der Waals surface area contributed by atoms with Crippen molar-refractivity contribution in [2.45, 2.75) is 25.5 Å². The van der Waals surface area contributed by atoms with Gasteiger partial charge >= 0.3 is 0 Å². The normalized spacial score (nSPS) is 23.8. The first kappa shape index (κ1) is 15.4. The molecule has 1 aromatic carbocycles. The van der Waals surface area contributed by atoms with Gasteiger partial charge < -0.3 is 9.84 Å². The van der Waals surface area contributed by atoms with Gasteiger partial charge in [-0.3, -0.25) is 9.69 Å². The number of morpholine rings is 1. The van der Waals surface area contributed by atoms with Crippen molar-refractivity contribution < 1.29 is 14.6 Å². The van der Waals surface area contributed by atoms with Gasteiger partial charge in [0.2, 0.25) is 0 Å². The van der Waals surface area contributed by atoms with E-state index in [2.05, 4.69) is 11.8 Å². The molecule has 0 aromatic heterocycles. The maximum atomic E-state index is 12.2. The number of ketones is 1. The van der Waals surface area contributed by atoms with Crippen molar-refractivity contribution in [2.75, 3.05) is 26.3 Å². The number of aliphatic hydroxyl groups excluding tert-OH is 1. The summed E-state index contributed by atoms with van der Waals surface area (Å²) in [6.07, 6.45) is 0.272. The number of hydrogen-bond donors (Lipinski definition) is 1. The Labute approximate surface area is 124 Å². The fourth-order valence-corrected chi connectivity index (χ4v) is 2.61. The average molecular weight is 298 g/mol. The average Bonchev–Trinajstić information content (AvgIpc) is 2.46. The number of Topliss-reactive ketones (excluding diaryl/α,β-unsaturated/α-hetero) is 1. The topological polar surface area (TPSA) is 49.8 Å². The van der Waals surface area contributed by atoms with Gasteiger partial charge in [-0.2, -0.15) is 0 Å². The van der Waals surface area contributed by atoms with Gasteiger partial charge in [0.05, 0.1) is 24.3 Å². The predicted octanol–water partition coefficient (Wildman–Crippen LogP) is 1.99. The van der Waals surface area contributed by atoms with E-state index in [0.717, 1.165) is 0 Å². The summed E-state index contributed by atoms with van der Waals surface area (Å²) in [5.41, 5.74) is 0.578. The minimum absolute atomic E-state index is 0.0156. The van der Waals surface area contributed by atoms with E-state index in [9.17, 15) is 4.79 Å². The van der Waals surface area contributed by atoms with E-state index in [1.54, 1.807) is 12.1 Å². The molecule has 110 valence electrons. The highest BCUT2D eigenvalue weighted by molar-refractivity contribution is 6.33. The first-order chi connectivity index (χ1) is 9.61. The smallest absolute Gasteiger partial charge is 0.165 e. The highest BCUT2D eigenvalue weighted by Crippen LogP contribution is 2.18. The molecule has 2 rings (SSSR count). The lowest BCUT2D eigenvalue weighted by Crippen LogP contribution is -2.49. The molecule has 1 heterocycles. The second-order valence-electron chi connectivity index (χ2n) is 5.13. The van der Waals surface area contributed by atoms with E-state index in [-0.39, 0.29) is 24.5 Å². The zero-order chi connectivity index (χ0) is 14.5. The molecule has 1 N–H and O–H groups in total. The van der Waals surface area contributed by atoms with E-state index < -0.39 is 0 Å². The summed E-state index contributed by atoms with van der Waals surface area (Å²) in [5, 5.41) is 9.65. The van der Waals surface area contributed by atoms with Gasteiger partial charge in [-0.15, -0.1) is 0 Å². The highest BCUT2D eigenvalue weighted by Gasteiger charge is 2.25. The number of halogens is 1. The molecule has 0 bridgehead atoms. The zero-order valence-corrected chi connectivity index (χ0v) is 12.3. The number of benzene rings is 1. The number of carbonyl (C=O) groups is 1. The second-order valence-corrected chi connectivity index (χ2v) is 5.54. The van der Waals surface area contributed by atoms with Crippen LogP contribution < -0.4 is 0 Å². The van der Waals surface area contributed by atoms with Crippen molar-refractivity contribution in [3.05, 3.63) is 34.9 Å². The lowest BCUT2D eigenvalue weighted by Gasteiger charge is -2.37. The third-order valence-corrected chi connectivity index (χ3v) is 3.97. The largest absolute Gasteiger partial charge is 0.394 e. The summed E-state index contributed by atoms with van der Waals surface area (Å²) >= 11 is 6.03. The van der Waals surface area contributed by atoms with Gasteiger partial charge in [-0.1, -0.05) is 23.7 Å². The molecule has 0 amide bonds. The van der Waals surface area contributed by atoms with Crippen molar-refractivity contribution in [1.82, 2.24) is 4.90 Å². The first-order valence-electron chi connectivity index (χ1n) is 6.86. The first-order valence-corrected chi connectivity index (χ1v) is 7.24. The number of ether oxygens (including phenoxy) is 1. The van der Waals surface area contributed by atoms with Crippen LogP contribution in [0.1, 0.15) is 23.7 Å². The van der Waals surface area contributed by atoms with Crippen LogP contribution in [0.15, 0.2) is 24.3 Å². The van der Waals surface area contributed by atoms with Crippen LogP contribution in [0.2, 0.25) is 5.02 Å². The molecular formula is C15H20ClNO3. The third kappa shape index (κ3) is 3.79. The quantitative estimate of drug-likeness (QED) is 0.845. The summed E-state index contributed by atoms with van der Waals surface area (Å²) in [5.74, 6) is 0.0508. The number of nitrogens with zero attached hydrogens (tertiary/aromatic N) is 1. The molecule has 1 fully saturated rings. The molecule has 5 heteroatoms. The Morgan fingerprint density at radius 1 is 1.50 bits per heavy atom. The van der Waals surface area contributed by atoms with Crippen molar-refractivity contribution in [3.8, 4) is 0 Å². The molecule has 4 nitrogen and oxygen atoms in total. The molecule has 1 aromatic rings. The van der Waals surface area contributed by atoms with Crippen molar-refractivity contribution in [2.24, 2.45) is 0 Å². The van der Waals surface area contributed by atoms with E-state index in [1.165, 1.54) is 0 Å². The molecule has 1 aliphatic rings. The summed E-state index contributed by atoms with van der Waals surface area (Å²) in [6.45, 7) is 3.99. The monoisotopic (exact) mass is 297 g/mol. The van der Waals surface area contributed by atoms with E-state index in [0.29, 0.717) is 36.7 Å². The van der Waals surface area contributed by atoms with Gasteiger partial charge in [0.15, 0.2) is 5.78 Å². The van der Waals surface area contributed by atoms with Gasteiger partial charge in [0.25, 0.3) is 0 Å².